The van der Waals surface area contributed by atoms with Crippen LogP contribution in [-0.4, -0.2) is 5.11 Å². The summed E-state index contributed by atoms with van der Waals surface area (Å²) in [5, 5.41) is 9.59. The first-order valence-corrected chi connectivity index (χ1v) is 4.66. The number of aliphatic hydroxyl groups is 1. The third kappa shape index (κ3) is 2.42. The summed E-state index contributed by atoms with van der Waals surface area (Å²) in [6.07, 6.45) is 0.619. The number of halogens is 2. The van der Waals surface area contributed by atoms with Crippen LogP contribution < -0.4 is 0 Å². The van der Waals surface area contributed by atoms with Gasteiger partial charge in [0.15, 0.2) is 0 Å². The second-order valence-corrected chi connectivity index (χ2v) is 3.35. The minimum atomic E-state index is -0.747. The van der Waals surface area contributed by atoms with E-state index in [1.807, 2.05) is 6.92 Å². The predicted molar refractivity (Wildman–Crippen MR) is 51.3 cm³/mol. The van der Waals surface area contributed by atoms with Crippen LogP contribution in [-0.2, 0) is 0 Å². The molecule has 0 aliphatic carbocycles. The summed E-state index contributed by atoms with van der Waals surface area (Å²) in [7, 11) is 0. The number of benzene rings is 1. The molecule has 1 N–H and O–H groups in total. The maximum atomic E-state index is 13.3. The van der Waals surface area contributed by atoms with Crippen molar-refractivity contribution in [3.63, 3.8) is 0 Å². The Bertz CT molecular complexity index is 288. The minimum Gasteiger partial charge on any atom is -0.388 e. The Labute approximate surface area is 82.2 Å². The van der Waals surface area contributed by atoms with Crippen LogP contribution in [0.3, 0.4) is 0 Å². The Morgan fingerprint density at radius 1 is 1.54 bits per heavy atom. The van der Waals surface area contributed by atoms with Crippen molar-refractivity contribution in [2.24, 2.45) is 0 Å². The Balaban J connectivity index is 2.93. The van der Waals surface area contributed by atoms with Crippen LogP contribution in [0.5, 0.6) is 0 Å². The third-order valence-corrected chi connectivity index (χ3v) is 2.19. The number of rotatable bonds is 3. The fraction of sp³-hybridized carbons (Fsp3) is 0.400. The predicted octanol–water partition coefficient (Wildman–Crippen LogP) is 3.31. The second-order valence-electron chi connectivity index (χ2n) is 2.95. The highest BCUT2D eigenvalue weighted by molar-refractivity contribution is 6.30. The van der Waals surface area contributed by atoms with Crippen molar-refractivity contribution in [2.45, 2.75) is 25.9 Å². The molecule has 1 rings (SSSR count). The van der Waals surface area contributed by atoms with Crippen molar-refractivity contribution < 1.29 is 9.50 Å². The summed E-state index contributed by atoms with van der Waals surface area (Å²) < 4.78 is 13.3. The molecule has 1 nitrogen and oxygen atoms in total. The van der Waals surface area contributed by atoms with Crippen LogP contribution in [0.2, 0.25) is 5.02 Å². The van der Waals surface area contributed by atoms with Crippen LogP contribution in [0.1, 0.15) is 31.4 Å². The molecule has 72 valence electrons. The zero-order valence-corrected chi connectivity index (χ0v) is 8.18. The lowest BCUT2D eigenvalue weighted by Gasteiger charge is -2.10. The topological polar surface area (TPSA) is 20.2 Å². The van der Waals surface area contributed by atoms with Crippen molar-refractivity contribution in [1.82, 2.24) is 0 Å². The van der Waals surface area contributed by atoms with E-state index in [1.54, 1.807) is 12.1 Å². The lowest BCUT2D eigenvalue weighted by Crippen LogP contribution is -2.00. The van der Waals surface area contributed by atoms with E-state index < -0.39 is 11.9 Å². The van der Waals surface area contributed by atoms with Crippen molar-refractivity contribution >= 4 is 11.6 Å². The van der Waals surface area contributed by atoms with Crippen LogP contribution in [0.25, 0.3) is 0 Å². The molecular formula is C10H12ClFO. The van der Waals surface area contributed by atoms with Gasteiger partial charge >= 0.3 is 0 Å². The van der Waals surface area contributed by atoms with E-state index in [0.717, 1.165) is 6.42 Å². The second kappa shape index (κ2) is 4.58. The SMILES string of the molecule is CCC[C@H](O)c1cccc(Cl)c1F. The summed E-state index contributed by atoms with van der Waals surface area (Å²) in [6.45, 7) is 1.94. The molecule has 0 saturated heterocycles. The lowest BCUT2D eigenvalue weighted by atomic mass is 10.1. The average Bonchev–Trinajstić information content (AvgIpc) is 2.10. The van der Waals surface area contributed by atoms with Gasteiger partial charge in [0.1, 0.15) is 5.82 Å². The van der Waals surface area contributed by atoms with Crippen molar-refractivity contribution in [2.75, 3.05) is 0 Å². The average molecular weight is 203 g/mol. The molecule has 0 spiro atoms. The Morgan fingerprint density at radius 3 is 2.85 bits per heavy atom. The van der Waals surface area contributed by atoms with Crippen LogP contribution in [0.15, 0.2) is 18.2 Å². The van der Waals surface area contributed by atoms with E-state index in [0.29, 0.717) is 6.42 Å². The highest BCUT2D eigenvalue weighted by atomic mass is 35.5. The molecular weight excluding hydrogens is 191 g/mol. The Kier molecular flexibility index (Phi) is 3.70. The number of aliphatic hydroxyl groups excluding tert-OH is 1. The summed E-state index contributed by atoms with van der Waals surface area (Å²) in [5.74, 6) is -0.509. The van der Waals surface area contributed by atoms with E-state index in [4.69, 9.17) is 11.6 Å². The molecule has 0 radical (unpaired) electrons. The number of hydrogen-bond donors (Lipinski definition) is 1. The van der Waals surface area contributed by atoms with Gasteiger partial charge in [-0.25, -0.2) is 4.39 Å². The van der Waals surface area contributed by atoms with E-state index in [9.17, 15) is 9.50 Å². The molecule has 13 heavy (non-hydrogen) atoms. The highest BCUT2D eigenvalue weighted by Gasteiger charge is 2.13. The molecule has 0 bridgehead atoms. The van der Waals surface area contributed by atoms with E-state index >= 15 is 0 Å². The quantitative estimate of drug-likeness (QED) is 0.798. The molecule has 0 aliphatic rings. The van der Waals surface area contributed by atoms with Gasteiger partial charge in [-0.3, -0.25) is 0 Å². The standard InChI is InChI=1S/C10H12ClFO/c1-2-4-9(13)7-5-3-6-8(11)10(7)12/h3,5-6,9,13H,2,4H2,1H3/t9-/m0/s1. The molecule has 0 amide bonds. The fourth-order valence-corrected chi connectivity index (χ4v) is 1.39. The molecule has 0 unspecified atom stereocenters. The molecule has 3 heteroatoms. The monoisotopic (exact) mass is 202 g/mol. The smallest absolute Gasteiger partial charge is 0.147 e. The Morgan fingerprint density at radius 2 is 2.23 bits per heavy atom. The van der Waals surface area contributed by atoms with Crippen LogP contribution in [0, 0.1) is 5.82 Å². The molecule has 0 aromatic heterocycles. The maximum absolute atomic E-state index is 13.3. The van der Waals surface area contributed by atoms with E-state index in [-0.39, 0.29) is 10.6 Å². The molecule has 1 aromatic rings. The first-order chi connectivity index (χ1) is 6.16. The van der Waals surface area contributed by atoms with E-state index in [2.05, 4.69) is 0 Å². The van der Waals surface area contributed by atoms with Crippen molar-refractivity contribution in [3.8, 4) is 0 Å². The van der Waals surface area contributed by atoms with Gasteiger partial charge in [-0.05, 0) is 12.5 Å². The van der Waals surface area contributed by atoms with Gasteiger partial charge in [0.05, 0.1) is 11.1 Å². The third-order valence-electron chi connectivity index (χ3n) is 1.90. The minimum absolute atomic E-state index is 0.0626. The van der Waals surface area contributed by atoms with Crippen LogP contribution in [0.4, 0.5) is 4.39 Å². The van der Waals surface area contributed by atoms with Gasteiger partial charge in [-0.15, -0.1) is 0 Å². The summed E-state index contributed by atoms with van der Waals surface area (Å²) >= 11 is 5.57. The highest BCUT2D eigenvalue weighted by Crippen LogP contribution is 2.25. The van der Waals surface area contributed by atoms with Gasteiger partial charge in [-0.1, -0.05) is 37.1 Å². The lowest BCUT2D eigenvalue weighted by molar-refractivity contribution is 0.162. The van der Waals surface area contributed by atoms with Gasteiger partial charge in [0.25, 0.3) is 0 Å². The Hall–Kier alpha value is -0.600. The van der Waals surface area contributed by atoms with Crippen LogP contribution >= 0.6 is 11.6 Å². The zero-order chi connectivity index (χ0) is 9.84. The zero-order valence-electron chi connectivity index (χ0n) is 7.43. The first kappa shape index (κ1) is 10.5. The molecule has 0 fully saturated rings. The normalized spacial score (nSPS) is 12.9. The summed E-state index contributed by atoms with van der Waals surface area (Å²) in [5.41, 5.74) is 0.286. The van der Waals surface area contributed by atoms with E-state index in [1.165, 1.54) is 6.07 Å². The fourth-order valence-electron chi connectivity index (χ4n) is 1.21. The number of hydrogen-bond acceptors (Lipinski definition) is 1. The molecule has 0 heterocycles. The molecule has 0 aliphatic heterocycles. The summed E-state index contributed by atoms with van der Waals surface area (Å²) in [4.78, 5) is 0. The van der Waals surface area contributed by atoms with Crippen molar-refractivity contribution in [1.29, 1.82) is 0 Å². The van der Waals surface area contributed by atoms with Crippen molar-refractivity contribution in [3.05, 3.63) is 34.6 Å². The summed E-state index contributed by atoms with van der Waals surface area (Å²) in [6, 6.07) is 4.67. The first-order valence-electron chi connectivity index (χ1n) is 4.28. The molecule has 0 saturated carbocycles. The maximum Gasteiger partial charge on any atom is 0.147 e. The molecule has 1 aromatic carbocycles. The van der Waals surface area contributed by atoms with Gasteiger partial charge in [0, 0.05) is 5.56 Å². The van der Waals surface area contributed by atoms with Gasteiger partial charge in [-0.2, -0.15) is 0 Å². The largest absolute Gasteiger partial charge is 0.388 e. The van der Waals surface area contributed by atoms with Gasteiger partial charge < -0.3 is 5.11 Å². The van der Waals surface area contributed by atoms with Gasteiger partial charge in [0.2, 0.25) is 0 Å². The molecule has 1 atom stereocenters.